The summed E-state index contributed by atoms with van der Waals surface area (Å²) in [7, 11) is 0. The minimum absolute atomic E-state index is 0.520. The predicted octanol–water partition coefficient (Wildman–Crippen LogP) is 5.94. The molecule has 0 aliphatic heterocycles. The number of aromatic amines is 1. The molecule has 3 aromatic carbocycles. The van der Waals surface area contributed by atoms with Gasteiger partial charge in [0.1, 0.15) is 11.9 Å². The average Bonchev–Trinajstić information content (AvgIpc) is 3.34. The zero-order valence-electron chi connectivity index (χ0n) is 16.6. The molecule has 1 N–H and O–H groups in total. The minimum Gasteiger partial charge on any atom is -0.342 e. The van der Waals surface area contributed by atoms with Crippen molar-refractivity contribution in [2.45, 2.75) is 13.5 Å². The number of nitrogens with zero attached hydrogens (tertiary/aromatic N) is 3. The van der Waals surface area contributed by atoms with Crippen molar-refractivity contribution >= 4 is 33.6 Å². The Labute approximate surface area is 174 Å². The molecule has 4 heteroatoms. The van der Waals surface area contributed by atoms with Crippen molar-refractivity contribution in [3.63, 3.8) is 0 Å². The van der Waals surface area contributed by atoms with Crippen molar-refractivity contribution < 1.29 is 0 Å². The highest BCUT2D eigenvalue weighted by Crippen LogP contribution is 2.27. The van der Waals surface area contributed by atoms with Crippen LogP contribution in [0.4, 0.5) is 0 Å². The van der Waals surface area contributed by atoms with E-state index in [9.17, 15) is 5.26 Å². The topological polar surface area (TPSA) is 57.4 Å². The van der Waals surface area contributed by atoms with Crippen molar-refractivity contribution in [2.24, 2.45) is 0 Å². The van der Waals surface area contributed by atoms with Crippen LogP contribution >= 0.6 is 0 Å². The van der Waals surface area contributed by atoms with Gasteiger partial charge in [0.25, 0.3) is 0 Å². The molecule has 0 bridgehead atoms. The van der Waals surface area contributed by atoms with Crippen LogP contribution in [0, 0.1) is 18.3 Å². The molecule has 0 saturated carbocycles. The number of aryl methyl sites for hydroxylation is 1. The number of nitrogens with one attached hydrogen (secondary N) is 1. The van der Waals surface area contributed by atoms with Crippen LogP contribution in [0.2, 0.25) is 0 Å². The smallest absolute Gasteiger partial charge is 0.149 e. The summed E-state index contributed by atoms with van der Waals surface area (Å²) < 4.78 is 2.23. The van der Waals surface area contributed by atoms with Gasteiger partial charge < -0.3 is 9.55 Å². The molecule has 0 amide bonds. The van der Waals surface area contributed by atoms with Crippen molar-refractivity contribution in [1.29, 1.82) is 5.26 Å². The van der Waals surface area contributed by atoms with Crippen LogP contribution in [-0.4, -0.2) is 14.5 Å². The normalized spacial score (nSPS) is 11.8. The standard InChI is InChI=1S/C26H20N4/c1-18-11-12-23-24(13-18)29-26(28-23)20(15-27)14-21-17-30(16-19-7-3-2-4-8-19)25-10-6-5-9-22(21)25/h2-14,17H,16H2,1H3,(H,28,29). The Morgan fingerprint density at radius 2 is 1.87 bits per heavy atom. The van der Waals surface area contributed by atoms with Crippen LogP contribution in [0.1, 0.15) is 22.5 Å². The van der Waals surface area contributed by atoms with Crippen molar-refractivity contribution in [2.75, 3.05) is 0 Å². The molecule has 0 aliphatic rings. The Morgan fingerprint density at radius 1 is 1.07 bits per heavy atom. The van der Waals surface area contributed by atoms with E-state index in [1.54, 1.807) is 0 Å². The summed E-state index contributed by atoms with van der Waals surface area (Å²) in [5, 5.41) is 11.0. The second kappa shape index (κ2) is 7.38. The average molecular weight is 388 g/mol. The van der Waals surface area contributed by atoms with Gasteiger partial charge in [0.2, 0.25) is 0 Å². The fourth-order valence-electron chi connectivity index (χ4n) is 3.86. The molecule has 30 heavy (non-hydrogen) atoms. The molecule has 5 rings (SSSR count). The molecule has 4 nitrogen and oxygen atoms in total. The molecule has 0 atom stereocenters. The van der Waals surface area contributed by atoms with E-state index < -0.39 is 0 Å². The van der Waals surface area contributed by atoms with Crippen LogP contribution in [-0.2, 0) is 6.54 Å². The summed E-state index contributed by atoms with van der Waals surface area (Å²) in [6.45, 7) is 2.82. The van der Waals surface area contributed by atoms with Crippen molar-refractivity contribution in [1.82, 2.24) is 14.5 Å². The first-order valence-corrected chi connectivity index (χ1v) is 9.91. The summed E-state index contributed by atoms with van der Waals surface area (Å²) in [6.07, 6.45) is 4.04. The first kappa shape index (κ1) is 18.0. The van der Waals surface area contributed by atoms with E-state index in [0.717, 1.165) is 39.6 Å². The van der Waals surface area contributed by atoms with Crippen LogP contribution < -0.4 is 0 Å². The van der Waals surface area contributed by atoms with Gasteiger partial charge in [-0.15, -0.1) is 0 Å². The quantitative estimate of drug-likeness (QED) is 0.387. The van der Waals surface area contributed by atoms with E-state index in [2.05, 4.69) is 63.2 Å². The Kier molecular flexibility index (Phi) is 4.42. The van der Waals surface area contributed by atoms with Crippen LogP contribution in [0.5, 0.6) is 0 Å². The number of imidazole rings is 1. The molecule has 0 unspecified atom stereocenters. The van der Waals surface area contributed by atoms with Crippen LogP contribution in [0.15, 0.2) is 79.0 Å². The molecule has 144 valence electrons. The van der Waals surface area contributed by atoms with E-state index >= 15 is 0 Å². The molecule has 5 aromatic rings. The highest BCUT2D eigenvalue weighted by molar-refractivity contribution is 5.98. The molecule has 0 radical (unpaired) electrons. The Balaban J connectivity index is 1.60. The van der Waals surface area contributed by atoms with E-state index in [-0.39, 0.29) is 0 Å². The SMILES string of the molecule is Cc1ccc2nc(C(C#N)=Cc3cn(Cc4ccccc4)c4ccccc34)[nH]c2c1. The number of hydrogen-bond donors (Lipinski definition) is 1. The fourth-order valence-corrected chi connectivity index (χ4v) is 3.86. The molecule has 0 aliphatic carbocycles. The van der Waals surface area contributed by atoms with Gasteiger partial charge in [0.05, 0.1) is 16.6 Å². The summed E-state index contributed by atoms with van der Waals surface area (Å²) >= 11 is 0. The number of H-pyrrole nitrogens is 1. The number of fused-ring (bicyclic) bond motifs is 2. The lowest BCUT2D eigenvalue weighted by molar-refractivity contribution is 0.836. The van der Waals surface area contributed by atoms with Gasteiger partial charge in [-0.25, -0.2) is 4.98 Å². The van der Waals surface area contributed by atoms with Gasteiger partial charge >= 0.3 is 0 Å². The van der Waals surface area contributed by atoms with Gasteiger partial charge in [-0.3, -0.25) is 0 Å². The number of aromatic nitrogens is 3. The lowest BCUT2D eigenvalue weighted by atomic mass is 10.1. The Bertz CT molecular complexity index is 1430. The molecule has 0 fully saturated rings. The molecule has 0 saturated heterocycles. The monoisotopic (exact) mass is 388 g/mol. The zero-order valence-corrected chi connectivity index (χ0v) is 16.6. The maximum atomic E-state index is 9.85. The third kappa shape index (κ3) is 3.27. The lowest BCUT2D eigenvalue weighted by Crippen LogP contribution is -1.97. The van der Waals surface area contributed by atoms with Crippen molar-refractivity contribution in [3.05, 3.63) is 102 Å². The lowest BCUT2D eigenvalue weighted by Gasteiger charge is -2.05. The summed E-state index contributed by atoms with van der Waals surface area (Å²) in [4.78, 5) is 7.92. The maximum Gasteiger partial charge on any atom is 0.149 e. The molecule has 0 spiro atoms. The van der Waals surface area contributed by atoms with E-state index in [0.29, 0.717) is 11.4 Å². The maximum absolute atomic E-state index is 9.85. The summed E-state index contributed by atoms with van der Waals surface area (Å²) in [5.41, 5.74) is 6.87. The Morgan fingerprint density at radius 3 is 2.70 bits per heavy atom. The van der Waals surface area contributed by atoms with Gasteiger partial charge in [-0.05, 0) is 42.3 Å². The predicted molar refractivity (Wildman–Crippen MR) is 122 cm³/mol. The van der Waals surface area contributed by atoms with E-state index in [1.807, 2.05) is 49.4 Å². The molecule has 2 heterocycles. The first-order chi connectivity index (χ1) is 14.7. The molecular formula is C26H20N4. The molecular weight excluding hydrogens is 368 g/mol. The number of allylic oxidation sites excluding steroid dienone is 1. The summed E-state index contributed by atoms with van der Waals surface area (Å²) in [6, 6.07) is 27.1. The van der Waals surface area contributed by atoms with Gasteiger partial charge in [-0.2, -0.15) is 5.26 Å². The van der Waals surface area contributed by atoms with Crippen LogP contribution in [0.25, 0.3) is 33.6 Å². The number of para-hydroxylation sites is 1. The number of nitriles is 1. The third-order valence-electron chi connectivity index (χ3n) is 5.33. The third-order valence-corrected chi connectivity index (χ3v) is 5.33. The number of benzene rings is 3. The first-order valence-electron chi connectivity index (χ1n) is 9.91. The fraction of sp³-hybridized carbons (Fsp3) is 0.0769. The van der Waals surface area contributed by atoms with Gasteiger partial charge in [0, 0.05) is 29.2 Å². The number of hydrogen-bond acceptors (Lipinski definition) is 2. The highest BCUT2D eigenvalue weighted by atomic mass is 15.0. The van der Waals surface area contributed by atoms with E-state index in [4.69, 9.17) is 0 Å². The highest BCUT2D eigenvalue weighted by Gasteiger charge is 2.12. The number of rotatable bonds is 4. The second-order valence-corrected chi connectivity index (χ2v) is 7.49. The largest absolute Gasteiger partial charge is 0.342 e. The van der Waals surface area contributed by atoms with Crippen LogP contribution in [0.3, 0.4) is 0 Å². The summed E-state index contributed by atoms with van der Waals surface area (Å²) in [5.74, 6) is 0.595. The Hall–Kier alpha value is -4.10. The van der Waals surface area contributed by atoms with Gasteiger partial charge in [0.15, 0.2) is 0 Å². The van der Waals surface area contributed by atoms with Crippen molar-refractivity contribution in [3.8, 4) is 6.07 Å². The molecule has 2 aromatic heterocycles. The second-order valence-electron chi connectivity index (χ2n) is 7.49. The van der Waals surface area contributed by atoms with Gasteiger partial charge in [-0.1, -0.05) is 54.6 Å². The zero-order chi connectivity index (χ0) is 20.5. The van der Waals surface area contributed by atoms with E-state index in [1.165, 1.54) is 5.56 Å². The minimum atomic E-state index is 0.520.